The maximum atomic E-state index is 12.1. The normalized spacial score (nSPS) is 14.0. The largest absolute Gasteiger partial charge is 0.478 e. The second-order valence-corrected chi connectivity index (χ2v) is 6.45. The highest BCUT2D eigenvalue weighted by Gasteiger charge is 2.38. The van der Waals surface area contributed by atoms with Gasteiger partial charge in [-0.3, -0.25) is 0 Å². The summed E-state index contributed by atoms with van der Waals surface area (Å²) in [6, 6.07) is 3.04. The van der Waals surface area contributed by atoms with Crippen LogP contribution in [0.15, 0.2) is 27.6 Å². The molecule has 1 atom stereocenters. The third kappa shape index (κ3) is 4.66. The third-order valence-electron chi connectivity index (χ3n) is 2.31. The molecule has 0 aliphatic carbocycles. The SMILES string of the molecule is O=C(O)c1ccc(Br)c(S(=O)(=O)NCC(O)C(F)(F)F)c1. The van der Waals surface area contributed by atoms with Crippen molar-refractivity contribution in [3.8, 4) is 0 Å². The summed E-state index contributed by atoms with van der Waals surface area (Å²) < 4.78 is 61.5. The Labute approximate surface area is 125 Å². The van der Waals surface area contributed by atoms with Crippen molar-refractivity contribution in [3.63, 3.8) is 0 Å². The summed E-state index contributed by atoms with van der Waals surface area (Å²) in [5, 5.41) is 17.5. The van der Waals surface area contributed by atoms with E-state index in [0.717, 1.165) is 18.2 Å². The molecule has 1 aromatic rings. The Morgan fingerprint density at radius 2 is 1.95 bits per heavy atom. The van der Waals surface area contributed by atoms with Crippen LogP contribution in [0.1, 0.15) is 10.4 Å². The average molecular weight is 392 g/mol. The van der Waals surface area contributed by atoms with E-state index in [1.165, 1.54) is 0 Å². The highest BCUT2D eigenvalue weighted by Crippen LogP contribution is 2.24. The molecule has 11 heteroatoms. The molecule has 0 fully saturated rings. The zero-order valence-electron chi connectivity index (χ0n) is 10.1. The maximum Gasteiger partial charge on any atom is 0.415 e. The Kier molecular flexibility index (Phi) is 5.36. The maximum absolute atomic E-state index is 12.1. The van der Waals surface area contributed by atoms with Crippen molar-refractivity contribution in [1.82, 2.24) is 4.72 Å². The van der Waals surface area contributed by atoms with Crippen molar-refractivity contribution < 1.29 is 36.6 Å². The van der Waals surface area contributed by atoms with Gasteiger partial charge in [0, 0.05) is 11.0 Å². The third-order valence-corrected chi connectivity index (χ3v) is 4.73. The molecule has 1 unspecified atom stereocenters. The number of benzene rings is 1. The van der Waals surface area contributed by atoms with Gasteiger partial charge in [-0.1, -0.05) is 0 Å². The molecule has 21 heavy (non-hydrogen) atoms. The summed E-state index contributed by atoms with van der Waals surface area (Å²) >= 11 is 2.87. The van der Waals surface area contributed by atoms with Crippen LogP contribution in [0.25, 0.3) is 0 Å². The number of nitrogens with one attached hydrogen (secondary N) is 1. The van der Waals surface area contributed by atoms with Crippen LogP contribution in [0, 0.1) is 0 Å². The zero-order valence-corrected chi connectivity index (χ0v) is 12.5. The van der Waals surface area contributed by atoms with Crippen molar-refractivity contribution >= 4 is 31.9 Å². The first-order valence-electron chi connectivity index (χ1n) is 5.22. The zero-order chi connectivity index (χ0) is 16.4. The van der Waals surface area contributed by atoms with Crippen molar-refractivity contribution in [2.75, 3.05) is 6.54 Å². The monoisotopic (exact) mass is 391 g/mol. The summed E-state index contributed by atoms with van der Waals surface area (Å²) in [6.07, 6.45) is -7.84. The number of carboxylic acid groups (broad SMARTS) is 1. The lowest BCUT2D eigenvalue weighted by Gasteiger charge is -2.15. The quantitative estimate of drug-likeness (QED) is 0.702. The van der Waals surface area contributed by atoms with E-state index >= 15 is 0 Å². The number of carboxylic acids is 1. The van der Waals surface area contributed by atoms with E-state index in [-0.39, 0.29) is 10.0 Å². The summed E-state index contributed by atoms with van der Waals surface area (Å²) in [5.41, 5.74) is -0.352. The van der Waals surface area contributed by atoms with Crippen LogP contribution in [0.5, 0.6) is 0 Å². The van der Waals surface area contributed by atoms with Crippen molar-refractivity contribution in [2.45, 2.75) is 17.2 Å². The molecule has 0 aliphatic rings. The van der Waals surface area contributed by atoms with Crippen LogP contribution in [0.2, 0.25) is 0 Å². The molecule has 0 aliphatic heterocycles. The van der Waals surface area contributed by atoms with Crippen LogP contribution < -0.4 is 4.72 Å². The number of sulfonamides is 1. The van der Waals surface area contributed by atoms with Crippen molar-refractivity contribution in [1.29, 1.82) is 0 Å². The molecule has 1 rings (SSSR count). The first-order chi connectivity index (χ1) is 9.45. The molecule has 3 N–H and O–H groups in total. The number of halogens is 4. The fourth-order valence-electron chi connectivity index (χ4n) is 1.22. The van der Waals surface area contributed by atoms with Gasteiger partial charge < -0.3 is 10.2 Å². The van der Waals surface area contributed by atoms with Crippen molar-refractivity contribution in [3.05, 3.63) is 28.2 Å². The molecule has 6 nitrogen and oxygen atoms in total. The van der Waals surface area contributed by atoms with Gasteiger partial charge in [-0.05, 0) is 34.1 Å². The van der Waals surface area contributed by atoms with Gasteiger partial charge in [0.1, 0.15) is 0 Å². The molecule has 118 valence electrons. The summed E-state index contributed by atoms with van der Waals surface area (Å²) in [6.45, 7) is -1.28. The number of aliphatic hydroxyl groups excluding tert-OH is 1. The van der Waals surface area contributed by atoms with Crippen molar-refractivity contribution in [2.24, 2.45) is 0 Å². The molecule has 0 saturated carbocycles. The smallest absolute Gasteiger partial charge is 0.415 e. The van der Waals surface area contributed by atoms with E-state index in [9.17, 15) is 26.4 Å². The van der Waals surface area contributed by atoms with Crippen LogP contribution in [-0.2, 0) is 10.0 Å². The van der Waals surface area contributed by atoms with Gasteiger partial charge in [-0.15, -0.1) is 0 Å². The standard InChI is InChI=1S/C10H9BrF3NO5S/c11-6-2-1-5(9(17)18)3-7(6)21(19,20)15-4-8(16)10(12,13)14/h1-3,8,15-16H,4H2,(H,17,18). The van der Waals surface area contributed by atoms with Gasteiger partial charge in [0.2, 0.25) is 10.0 Å². The predicted octanol–water partition coefficient (Wildman–Crippen LogP) is 1.35. The van der Waals surface area contributed by atoms with E-state index in [1.807, 2.05) is 0 Å². The van der Waals surface area contributed by atoms with E-state index in [1.54, 1.807) is 4.72 Å². The molecule has 0 radical (unpaired) electrons. The Balaban J connectivity index is 3.03. The molecular formula is C10H9BrF3NO5S. The second-order valence-electron chi connectivity index (χ2n) is 3.86. The topological polar surface area (TPSA) is 104 Å². The van der Waals surface area contributed by atoms with Gasteiger partial charge >= 0.3 is 12.1 Å². The number of hydrogen-bond donors (Lipinski definition) is 3. The minimum atomic E-state index is -4.97. The Bertz CT molecular complexity index is 647. The van der Waals surface area contributed by atoms with Gasteiger partial charge in [0.05, 0.1) is 10.5 Å². The molecule has 0 aromatic heterocycles. The van der Waals surface area contributed by atoms with Gasteiger partial charge in [-0.25, -0.2) is 17.9 Å². The highest BCUT2D eigenvalue weighted by atomic mass is 79.9. The lowest BCUT2D eigenvalue weighted by atomic mass is 10.2. The number of carbonyl (C=O) groups is 1. The van der Waals surface area contributed by atoms with E-state index in [2.05, 4.69) is 15.9 Å². The molecular weight excluding hydrogens is 383 g/mol. The van der Waals surface area contributed by atoms with Crippen LogP contribution in [0.4, 0.5) is 13.2 Å². The summed E-state index contributed by atoms with van der Waals surface area (Å²) in [7, 11) is -4.42. The van der Waals surface area contributed by atoms with E-state index in [4.69, 9.17) is 10.2 Å². The molecule has 1 aromatic carbocycles. The molecule has 0 bridgehead atoms. The lowest BCUT2D eigenvalue weighted by molar-refractivity contribution is -0.200. The fraction of sp³-hybridized carbons (Fsp3) is 0.300. The highest BCUT2D eigenvalue weighted by molar-refractivity contribution is 9.10. The second kappa shape index (κ2) is 6.30. The van der Waals surface area contributed by atoms with Crippen LogP contribution in [-0.4, -0.2) is 43.4 Å². The molecule has 0 heterocycles. The Morgan fingerprint density at radius 1 is 1.38 bits per heavy atom. The van der Waals surface area contributed by atoms with Crippen LogP contribution >= 0.6 is 15.9 Å². The number of hydrogen-bond acceptors (Lipinski definition) is 4. The number of alkyl halides is 3. The molecule has 0 spiro atoms. The number of rotatable bonds is 5. The molecule has 0 amide bonds. The average Bonchev–Trinajstić information content (AvgIpc) is 2.34. The number of aromatic carboxylic acids is 1. The van der Waals surface area contributed by atoms with Gasteiger partial charge in [0.15, 0.2) is 6.10 Å². The van der Waals surface area contributed by atoms with E-state index < -0.39 is 39.7 Å². The lowest BCUT2D eigenvalue weighted by Crippen LogP contribution is -2.40. The fourth-order valence-corrected chi connectivity index (χ4v) is 3.25. The minimum Gasteiger partial charge on any atom is -0.478 e. The van der Waals surface area contributed by atoms with Crippen LogP contribution in [0.3, 0.4) is 0 Å². The predicted molar refractivity (Wildman–Crippen MR) is 68.4 cm³/mol. The Hall–Kier alpha value is -1.17. The first-order valence-corrected chi connectivity index (χ1v) is 7.50. The minimum absolute atomic E-state index is 0.0264. The summed E-state index contributed by atoms with van der Waals surface area (Å²) in [5.74, 6) is -1.39. The molecule has 0 saturated heterocycles. The van der Waals surface area contributed by atoms with E-state index in [0.29, 0.717) is 0 Å². The van der Waals surface area contributed by atoms with Gasteiger partial charge in [0.25, 0.3) is 0 Å². The first kappa shape index (κ1) is 17.9. The Morgan fingerprint density at radius 3 is 2.43 bits per heavy atom. The number of aliphatic hydroxyl groups is 1. The van der Waals surface area contributed by atoms with Gasteiger partial charge in [-0.2, -0.15) is 13.2 Å². The summed E-state index contributed by atoms with van der Waals surface area (Å²) in [4.78, 5) is 10.2.